The molecule has 0 unspecified atom stereocenters. The molecule has 1 aromatic heterocycles. The number of hydrogen-bond acceptors (Lipinski definition) is 3. The monoisotopic (exact) mass is 328 g/mol. The zero-order chi connectivity index (χ0) is 16.2. The van der Waals surface area contributed by atoms with Crippen LogP contribution in [-0.4, -0.2) is 36.3 Å². The first-order chi connectivity index (χ1) is 11.2. The van der Waals surface area contributed by atoms with Crippen molar-refractivity contribution in [2.75, 3.05) is 18.5 Å². The summed E-state index contributed by atoms with van der Waals surface area (Å²) in [5.74, 6) is -0.0414. The van der Waals surface area contributed by atoms with E-state index < -0.39 is 0 Å². The molecule has 0 bridgehead atoms. The Hall–Kier alpha value is -2.14. The standard InChI is InChI=1S/C18H20N2O2S/c1-19(14-8-3-2-4-9-14)17(21)15-10-5-6-12-20(15)18(22)16-11-7-13-23-16/h2-4,7-9,11,13,15H,5-6,10,12H2,1H3/t15-/m0/s1. The molecule has 0 aliphatic carbocycles. The Labute approximate surface area is 140 Å². The third-order valence-corrected chi connectivity index (χ3v) is 5.11. The number of para-hydroxylation sites is 1. The van der Waals surface area contributed by atoms with Crippen molar-refractivity contribution in [1.29, 1.82) is 0 Å². The van der Waals surface area contributed by atoms with Crippen molar-refractivity contribution >= 4 is 28.8 Å². The van der Waals surface area contributed by atoms with E-state index in [1.54, 1.807) is 16.8 Å². The molecule has 3 rings (SSSR count). The van der Waals surface area contributed by atoms with Gasteiger partial charge in [0.25, 0.3) is 5.91 Å². The normalized spacial score (nSPS) is 17.8. The van der Waals surface area contributed by atoms with Crippen molar-refractivity contribution in [3.05, 3.63) is 52.7 Å². The van der Waals surface area contributed by atoms with Crippen LogP contribution in [0.1, 0.15) is 28.9 Å². The zero-order valence-corrected chi connectivity index (χ0v) is 14.0. The molecule has 0 saturated carbocycles. The molecule has 0 radical (unpaired) electrons. The fraction of sp³-hybridized carbons (Fsp3) is 0.333. The van der Waals surface area contributed by atoms with E-state index in [0.717, 1.165) is 24.9 Å². The maximum absolute atomic E-state index is 12.9. The Kier molecular flexibility index (Phi) is 4.76. The number of carbonyl (C=O) groups is 2. The van der Waals surface area contributed by atoms with Crippen LogP contribution in [0.5, 0.6) is 0 Å². The van der Waals surface area contributed by atoms with Crippen molar-refractivity contribution in [1.82, 2.24) is 4.90 Å². The molecule has 0 spiro atoms. The second-order valence-corrected chi connectivity index (χ2v) is 6.67. The van der Waals surface area contributed by atoms with Crippen LogP contribution in [0, 0.1) is 0 Å². The highest BCUT2D eigenvalue weighted by Crippen LogP contribution is 2.24. The second-order valence-electron chi connectivity index (χ2n) is 5.72. The molecule has 1 aromatic carbocycles. The lowest BCUT2D eigenvalue weighted by Crippen LogP contribution is -2.52. The number of benzene rings is 1. The summed E-state index contributed by atoms with van der Waals surface area (Å²) in [4.78, 5) is 29.7. The molecular formula is C18H20N2O2S. The summed E-state index contributed by atoms with van der Waals surface area (Å²) in [5, 5.41) is 1.89. The molecule has 2 aromatic rings. The SMILES string of the molecule is CN(C(=O)[C@@H]1CCCCN1C(=O)c1cccs1)c1ccccc1. The van der Waals surface area contributed by atoms with Gasteiger partial charge >= 0.3 is 0 Å². The quantitative estimate of drug-likeness (QED) is 0.866. The van der Waals surface area contributed by atoms with Crippen LogP contribution < -0.4 is 4.90 Å². The molecule has 1 aliphatic rings. The molecule has 2 amide bonds. The average molecular weight is 328 g/mol. The van der Waals surface area contributed by atoms with Crippen molar-refractivity contribution in [3.63, 3.8) is 0 Å². The molecule has 1 fully saturated rings. The molecular weight excluding hydrogens is 308 g/mol. The fourth-order valence-corrected chi connectivity index (χ4v) is 3.65. The maximum Gasteiger partial charge on any atom is 0.264 e. The van der Waals surface area contributed by atoms with E-state index >= 15 is 0 Å². The minimum atomic E-state index is -0.372. The first-order valence-electron chi connectivity index (χ1n) is 7.85. The van der Waals surface area contributed by atoms with Gasteiger partial charge in [0.1, 0.15) is 6.04 Å². The van der Waals surface area contributed by atoms with Crippen LogP contribution in [0.4, 0.5) is 5.69 Å². The number of anilines is 1. The summed E-state index contributed by atoms with van der Waals surface area (Å²) in [5.41, 5.74) is 0.853. The predicted molar refractivity (Wildman–Crippen MR) is 92.8 cm³/mol. The average Bonchev–Trinajstić information content (AvgIpc) is 3.15. The number of piperidine rings is 1. The lowest BCUT2D eigenvalue weighted by Gasteiger charge is -2.36. The third kappa shape index (κ3) is 3.29. The van der Waals surface area contributed by atoms with Gasteiger partial charge in [-0.2, -0.15) is 0 Å². The molecule has 2 heterocycles. The number of likely N-dealkylation sites (tertiary alicyclic amines) is 1. The molecule has 1 aliphatic heterocycles. The van der Waals surface area contributed by atoms with Gasteiger partial charge in [-0.3, -0.25) is 9.59 Å². The van der Waals surface area contributed by atoms with E-state index in [1.807, 2.05) is 47.8 Å². The van der Waals surface area contributed by atoms with Gasteiger partial charge in [-0.15, -0.1) is 11.3 Å². The minimum Gasteiger partial charge on any atom is -0.326 e. The van der Waals surface area contributed by atoms with E-state index in [-0.39, 0.29) is 17.9 Å². The number of likely N-dealkylation sites (N-methyl/N-ethyl adjacent to an activating group) is 1. The minimum absolute atomic E-state index is 0.0131. The Morgan fingerprint density at radius 2 is 1.91 bits per heavy atom. The van der Waals surface area contributed by atoms with Gasteiger partial charge < -0.3 is 9.80 Å². The van der Waals surface area contributed by atoms with Gasteiger partial charge in [0.15, 0.2) is 0 Å². The van der Waals surface area contributed by atoms with Crippen molar-refractivity contribution in [3.8, 4) is 0 Å². The van der Waals surface area contributed by atoms with Crippen molar-refractivity contribution in [2.45, 2.75) is 25.3 Å². The highest BCUT2D eigenvalue weighted by molar-refractivity contribution is 7.12. The van der Waals surface area contributed by atoms with E-state index in [1.165, 1.54) is 11.3 Å². The molecule has 1 saturated heterocycles. The molecule has 0 N–H and O–H groups in total. The van der Waals surface area contributed by atoms with E-state index in [4.69, 9.17) is 0 Å². The topological polar surface area (TPSA) is 40.6 Å². The second kappa shape index (κ2) is 6.96. The first kappa shape index (κ1) is 15.7. The molecule has 1 atom stereocenters. The number of rotatable bonds is 3. The van der Waals surface area contributed by atoms with Gasteiger partial charge in [-0.25, -0.2) is 0 Å². The predicted octanol–water partition coefficient (Wildman–Crippen LogP) is 3.41. The molecule has 5 heteroatoms. The Morgan fingerprint density at radius 3 is 2.61 bits per heavy atom. The number of nitrogens with zero attached hydrogens (tertiary/aromatic N) is 2. The van der Waals surface area contributed by atoms with Crippen LogP contribution in [0.2, 0.25) is 0 Å². The molecule has 120 valence electrons. The summed E-state index contributed by atoms with van der Waals surface area (Å²) in [6.45, 7) is 0.649. The van der Waals surface area contributed by atoms with E-state index in [9.17, 15) is 9.59 Å². The van der Waals surface area contributed by atoms with Crippen LogP contribution in [0.25, 0.3) is 0 Å². The van der Waals surface area contributed by atoms with Crippen LogP contribution in [0.15, 0.2) is 47.8 Å². The molecule has 23 heavy (non-hydrogen) atoms. The largest absolute Gasteiger partial charge is 0.326 e. The van der Waals surface area contributed by atoms with Gasteiger partial charge in [0.2, 0.25) is 5.91 Å². The lowest BCUT2D eigenvalue weighted by atomic mass is 10.0. The summed E-state index contributed by atoms with van der Waals surface area (Å²) < 4.78 is 0. The van der Waals surface area contributed by atoms with E-state index in [0.29, 0.717) is 11.4 Å². The Bertz CT molecular complexity index is 670. The summed E-state index contributed by atoms with van der Waals surface area (Å²) in [7, 11) is 1.78. The van der Waals surface area contributed by atoms with Crippen LogP contribution in [0.3, 0.4) is 0 Å². The first-order valence-corrected chi connectivity index (χ1v) is 8.73. The Morgan fingerprint density at radius 1 is 1.13 bits per heavy atom. The smallest absolute Gasteiger partial charge is 0.264 e. The zero-order valence-electron chi connectivity index (χ0n) is 13.1. The van der Waals surface area contributed by atoms with Gasteiger partial charge in [-0.05, 0) is 42.8 Å². The number of amides is 2. The fourth-order valence-electron chi connectivity index (χ4n) is 2.98. The number of carbonyl (C=O) groups excluding carboxylic acids is 2. The van der Waals surface area contributed by atoms with Crippen LogP contribution >= 0.6 is 11.3 Å². The summed E-state index contributed by atoms with van der Waals surface area (Å²) >= 11 is 1.43. The van der Waals surface area contributed by atoms with Gasteiger partial charge in [-0.1, -0.05) is 24.3 Å². The summed E-state index contributed by atoms with van der Waals surface area (Å²) in [6, 6.07) is 12.9. The molecule has 4 nitrogen and oxygen atoms in total. The number of hydrogen-bond donors (Lipinski definition) is 0. The highest BCUT2D eigenvalue weighted by Gasteiger charge is 2.34. The van der Waals surface area contributed by atoms with Crippen LogP contribution in [-0.2, 0) is 4.79 Å². The lowest BCUT2D eigenvalue weighted by molar-refractivity contribution is -0.123. The van der Waals surface area contributed by atoms with Crippen molar-refractivity contribution in [2.24, 2.45) is 0 Å². The highest BCUT2D eigenvalue weighted by atomic mass is 32.1. The van der Waals surface area contributed by atoms with E-state index in [2.05, 4.69) is 0 Å². The third-order valence-electron chi connectivity index (χ3n) is 4.25. The maximum atomic E-state index is 12.9. The Balaban J connectivity index is 1.81. The number of thiophene rings is 1. The van der Waals surface area contributed by atoms with Gasteiger partial charge in [0, 0.05) is 19.3 Å². The van der Waals surface area contributed by atoms with Crippen molar-refractivity contribution < 1.29 is 9.59 Å². The van der Waals surface area contributed by atoms with Gasteiger partial charge in [0.05, 0.1) is 4.88 Å². The summed E-state index contributed by atoms with van der Waals surface area (Å²) in [6.07, 6.45) is 2.66.